The van der Waals surface area contributed by atoms with E-state index in [0.717, 1.165) is 38.5 Å². The average molecular weight is 349 g/mol. The Bertz CT molecular complexity index is 339. The van der Waals surface area contributed by atoms with E-state index in [1.54, 1.807) is 0 Å². The Labute approximate surface area is 145 Å². The minimum Gasteiger partial charge on any atom is -0.285 e. The summed E-state index contributed by atoms with van der Waals surface area (Å²) in [5.74, 6) is 0. The summed E-state index contributed by atoms with van der Waals surface area (Å²) >= 11 is 0. The molecule has 23 heavy (non-hydrogen) atoms. The van der Waals surface area contributed by atoms with Crippen molar-refractivity contribution in [3.63, 3.8) is 0 Å². The summed E-state index contributed by atoms with van der Waals surface area (Å²) in [5.41, 5.74) is 0. The van der Waals surface area contributed by atoms with Crippen LogP contribution in [0.1, 0.15) is 117 Å². The maximum atomic E-state index is 11.4. The van der Waals surface area contributed by atoms with Crippen molar-refractivity contribution >= 4 is 10.1 Å². The molecule has 0 amide bonds. The second kappa shape index (κ2) is 15.4. The van der Waals surface area contributed by atoms with Gasteiger partial charge in [0.1, 0.15) is 0 Å². The first kappa shape index (κ1) is 22.9. The highest BCUT2D eigenvalue weighted by molar-refractivity contribution is 7.86. The minimum atomic E-state index is -3.86. The molecule has 4 heteroatoms. The smallest absolute Gasteiger partial charge is 0.267 e. The van der Waals surface area contributed by atoms with Crippen LogP contribution in [0.4, 0.5) is 0 Å². The summed E-state index contributed by atoms with van der Waals surface area (Å²) in [4.78, 5) is 0. The summed E-state index contributed by atoms with van der Waals surface area (Å²) in [7, 11) is -3.86. The van der Waals surface area contributed by atoms with E-state index < -0.39 is 15.4 Å². The van der Waals surface area contributed by atoms with Crippen LogP contribution in [0.15, 0.2) is 0 Å². The van der Waals surface area contributed by atoms with Gasteiger partial charge in [-0.3, -0.25) is 4.55 Å². The van der Waals surface area contributed by atoms with Crippen LogP contribution >= 0.6 is 0 Å². The third-order valence-electron chi connectivity index (χ3n) is 4.68. The minimum absolute atomic E-state index is 0.534. The standard InChI is InChI=1S/C19H40O3S/c1-3-5-7-9-10-11-12-13-14-16-18-19(23(20,21)22)17-15-8-6-4-2/h19H,3-18H2,1-2H3,(H,20,21,22). The lowest BCUT2D eigenvalue weighted by atomic mass is 10.0. The first-order valence-electron chi connectivity index (χ1n) is 9.98. The number of hydrogen-bond donors (Lipinski definition) is 1. The summed E-state index contributed by atoms with van der Waals surface area (Å²) < 4.78 is 32.2. The van der Waals surface area contributed by atoms with E-state index in [4.69, 9.17) is 0 Å². The fourth-order valence-corrected chi connectivity index (χ4v) is 4.03. The van der Waals surface area contributed by atoms with E-state index in [9.17, 15) is 13.0 Å². The molecule has 0 aromatic heterocycles. The highest BCUT2D eigenvalue weighted by Crippen LogP contribution is 2.19. The number of rotatable bonds is 17. The third-order valence-corrected chi connectivity index (χ3v) is 5.99. The Morgan fingerprint density at radius 2 is 0.913 bits per heavy atom. The van der Waals surface area contributed by atoms with E-state index in [1.807, 2.05) is 0 Å². The SMILES string of the molecule is CCCCCCCCCCCCC(CCCCCC)S(=O)(=O)O. The average Bonchev–Trinajstić information content (AvgIpc) is 2.50. The van der Waals surface area contributed by atoms with Crippen molar-refractivity contribution in [3.8, 4) is 0 Å². The second-order valence-corrected chi connectivity index (χ2v) is 8.65. The molecule has 1 unspecified atom stereocenters. The summed E-state index contributed by atoms with van der Waals surface area (Å²) in [6.07, 6.45) is 18.0. The molecule has 0 bridgehead atoms. The van der Waals surface area contributed by atoms with Crippen molar-refractivity contribution in [3.05, 3.63) is 0 Å². The molecule has 0 radical (unpaired) electrons. The van der Waals surface area contributed by atoms with E-state index in [1.165, 1.54) is 51.4 Å². The first-order chi connectivity index (χ1) is 11.0. The number of hydrogen-bond acceptors (Lipinski definition) is 2. The van der Waals surface area contributed by atoms with Crippen LogP contribution in [0, 0.1) is 0 Å². The molecule has 0 aliphatic carbocycles. The summed E-state index contributed by atoms with van der Waals surface area (Å²) in [6.45, 7) is 4.38. The van der Waals surface area contributed by atoms with Crippen LogP contribution in [0.5, 0.6) is 0 Å². The lowest BCUT2D eigenvalue weighted by molar-refractivity contribution is 0.443. The van der Waals surface area contributed by atoms with Gasteiger partial charge in [-0.05, 0) is 12.8 Å². The molecule has 0 aliphatic heterocycles. The Balaban J connectivity index is 3.63. The van der Waals surface area contributed by atoms with Gasteiger partial charge in [-0.1, -0.05) is 104 Å². The van der Waals surface area contributed by atoms with E-state index >= 15 is 0 Å². The first-order valence-corrected chi connectivity index (χ1v) is 11.5. The Morgan fingerprint density at radius 3 is 1.26 bits per heavy atom. The van der Waals surface area contributed by atoms with Crippen LogP contribution < -0.4 is 0 Å². The van der Waals surface area contributed by atoms with Gasteiger partial charge in [-0.15, -0.1) is 0 Å². The molecule has 0 heterocycles. The van der Waals surface area contributed by atoms with Crippen molar-refractivity contribution in [1.29, 1.82) is 0 Å². The molecule has 0 spiro atoms. The molecule has 0 aromatic carbocycles. The monoisotopic (exact) mass is 348 g/mol. The van der Waals surface area contributed by atoms with Gasteiger partial charge in [-0.25, -0.2) is 0 Å². The quantitative estimate of drug-likeness (QED) is 0.240. The topological polar surface area (TPSA) is 54.4 Å². The molecule has 0 saturated carbocycles. The van der Waals surface area contributed by atoms with Gasteiger partial charge in [0.05, 0.1) is 5.25 Å². The van der Waals surface area contributed by atoms with Gasteiger partial charge in [0, 0.05) is 0 Å². The van der Waals surface area contributed by atoms with Gasteiger partial charge in [0.15, 0.2) is 0 Å². The zero-order valence-electron chi connectivity index (χ0n) is 15.6. The molecule has 140 valence electrons. The van der Waals surface area contributed by atoms with E-state index in [-0.39, 0.29) is 0 Å². The fraction of sp³-hybridized carbons (Fsp3) is 1.00. The molecule has 0 aliphatic rings. The lowest BCUT2D eigenvalue weighted by Gasteiger charge is -2.13. The second-order valence-electron chi connectivity index (χ2n) is 6.96. The third kappa shape index (κ3) is 15.2. The molecule has 0 aromatic rings. The van der Waals surface area contributed by atoms with Crippen molar-refractivity contribution in [2.24, 2.45) is 0 Å². The maximum Gasteiger partial charge on any atom is 0.267 e. The fourth-order valence-electron chi connectivity index (χ4n) is 3.10. The molecular weight excluding hydrogens is 308 g/mol. The highest BCUT2D eigenvalue weighted by Gasteiger charge is 2.21. The molecule has 0 saturated heterocycles. The molecule has 3 nitrogen and oxygen atoms in total. The van der Waals surface area contributed by atoms with Crippen molar-refractivity contribution in [2.45, 2.75) is 122 Å². The van der Waals surface area contributed by atoms with Crippen LogP contribution in [0.25, 0.3) is 0 Å². The Kier molecular flexibility index (Phi) is 15.4. The molecule has 1 atom stereocenters. The molecular formula is C19H40O3S. The van der Waals surface area contributed by atoms with Crippen LogP contribution in [-0.4, -0.2) is 18.2 Å². The van der Waals surface area contributed by atoms with E-state index in [0.29, 0.717) is 12.8 Å². The summed E-state index contributed by atoms with van der Waals surface area (Å²) in [6, 6.07) is 0. The maximum absolute atomic E-state index is 11.4. The molecule has 0 rings (SSSR count). The Morgan fingerprint density at radius 1 is 0.609 bits per heavy atom. The van der Waals surface area contributed by atoms with E-state index in [2.05, 4.69) is 13.8 Å². The van der Waals surface area contributed by atoms with Gasteiger partial charge in [0.25, 0.3) is 10.1 Å². The predicted molar refractivity (Wildman–Crippen MR) is 101 cm³/mol. The number of unbranched alkanes of at least 4 members (excludes halogenated alkanes) is 12. The lowest BCUT2D eigenvalue weighted by Crippen LogP contribution is -2.20. The normalized spacial score (nSPS) is 13.3. The van der Waals surface area contributed by atoms with Crippen molar-refractivity contribution in [2.75, 3.05) is 0 Å². The van der Waals surface area contributed by atoms with Gasteiger partial charge in [0.2, 0.25) is 0 Å². The van der Waals surface area contributed by atoms with Gasteiger partial charge in [-0.2, -0.15) is 8.42 Å². The molecule has 0 fully saturated rings. The van der Waals surface area contributed by atoms with Gasteiger partial charge < -0.3 is 0 Å². The van der Waals surface area contributed by atoms with Crippen LogP contribution in [0.2, 0.25) is 0 Å². The van der Waals surface area contributed by atoms with Crippen molar-refractivity contribution < 1.29 is 13.0 Å². The highest BCUT2D eigenvalue weighted by atomic mass is 32.2. The zero-order chi connectivity index (χ0) is 17.4. The predicted octanol–water partition coefficient (Wildman–Crippen LogP) is 6.52. The molecule has 1 N–H and O–H groups in total. The van der Waals surface area contributed by atoms with Crippen LogP contribution in [-0.2, 0) is 10.1 Å². The Hall–Kier alpha value is -0.0900. The van der Waals surface area contributed by atoms with Crippen LogP contribution in [0.3, 0.4) is 0 Å². The van der Waals surface area contributed by atoms with Crippen molar-refractivity contribution in [1.82, 2.24) is 0 Å². The zero-order valence-corrected chi connectivity index (χ0v) is 16.4. The van der Waals surface area contributed by atoms with Gasteiger partial charge >= 0.3 is 0 Å². The largest absolute Gasteiger partial charge is 0.285 e. The summed E-state index contributed by atoms with van der Waals surface area (Å²) in [5, 5.41) is -0.534.